The average Bonchev–Trinajstić information content (AvgIpc) is 2.44. The van der Waals surface area contributed by atoms with E-state index in [4.69, 9.17) is 21.7 Å². The van der Waals surface area contributed by atoms with Gasteiger partial charge in [-0.3, -0.25) is 0 Å². The monoisotopic (exact) mass is 336 g/mol. The molecule has 1 saturated carbocycles. The Bertz CT molecular complexity index is 560. The molecule has 2 atom stereocenters. The zero-order valence-electron chi connectivity index (χ0n) is 14.7. The van der Waals surface area contributed by atoms with Gasteiger partial charge in [-0.2, -0.15) is 0 Å². The molecule has 1 fully saturated rings. The zero-order chi connectivity index (χ0) is 17.0. The van der Waals surface area contributed by atoms with E-state index in [2.05, 4.69) is 31.4 Å². The second kappa shape index (κ2) is 7.39. The van der Waals surface area contributed by atoms with Gasteiger partial charge in [0.05, 0.1) is 14.2 Å². The minimum Gasteiger partial charge on any atom is -0.493 e. The molecular formula is C18H28N2O2S. The number of nitrogens with one attached hydrogen (secondary N) is 2. The lowest BCUT2D eigenvalue weighted by molar-refractivity contribution is 0.162. The third-order valence-corrected chi connectivity index (χ3v) is 4.58. The van der Waals surface area contributed by atoms with E-state index in [1.807, 2.05) is 18.2 Å². The molecule has 1 aromatic carbocycles. The van der Waals surface area contributed by atoms with E-state index in [9.17, 15) is 0 Å². The van der Waals surface area contributed by atoms with Crippen molar-refractivity contribution in [2.45, 2.75) is 46.1 Å². The molecule has 4 nitrogen and oxygen atoms in total. The van der Waals surface area contributed by atoms with Crippen LogP contribution in [-0.4, -0.2) is 25.4 Å². The fourth-order valence-electron chi connectivity index (χ4n) is 3.72. The Morgan fingerprint density at radius 3 is 2.48 bits per heavy atom. The van der Waals surface area contributed by atoms with E-state index in [-0.39, 0.29) is 0 Å². The molecule has 2 rings (SSSR count). The van der Waals surface area contributed by atoms with Crippen LogP contribution in [0.1, 0.15) is 40.0 Å². The summed E-state index contributed by atoms with van der Waals surface area (Å²) in [6.45, 7) is 6.99. The van der Waals surface area contributed by atoms with Gasteiger partial charge >= 0.3 is 0 Å². The van der Waals surface area contributed by atoms with Crippen molar-refractivity contribution in [1.82, 2.24) is 5.32 Å². The predicted molar refractivity (Wildman–Crippen MR) is 99.5 cm³/mol. The second-order valence-electron chi connectivity index (χ2n) is 7.28. The summed E-state index contributed by atoms with van der Waals surface area (Å²) in [5, 5.41) is 7.37. The van der Waals surface area contributed by atoms with Gasteiger partial charge < -0.3 is 20.1 Å². The highest BCUT2D eigenvalue weighted by atomic mass is 32.1. The van der Waals surface area contributed by atoms with Crippen molar-refractivity contribution in [2.75, 3.05) is 19.5 Å². The number of methoxy groups -OCH3 is 2. The van der Waals surface area contributed by atoms with Crippen LogP contribution in [0.4, 0.5) is 5.69 Å². The number of hydrogen-bond acceptors (Lipinski definition) is 3. The van der Waals surface area contributed by atoms with Crippen LogP contribution in [0.3, 0.4) is 0 Å². The zero-order valence-corrected chi connectivity index (χ0v) is 15.5. The van der Waals surface area contributed by atoms with E-state index < -0.39 is 0 Å². The second-order valence-corrected chi connectivity index (χ2v) is 7.69. The summed E-state index contributed by atoms with van der Waals surface area (Å²) in [5.41, 5.74) is 1.26. The normalized spacial score (nSPS) is 23.0. The van der Waals surface area contributed by atoms with Crippen LogP contribution >= 0.6 is 12.2 Å². The maximum Gasteiger partial charge on any atom is 0.170 e. The van der Waals surface area contributed by atoms with Crippen molar-refractivity contribution in [3.63, 3.8) is 0 Å². The van der Waals surface area contributed by atoms with Gasteiger partial charge in [0.1, 0.15) is 0 Å². The molecule has 0 bridgehead atoms. The number of anilines is 1. The molecule has 0 aliphatic heterocycles. The molecule has 0 radical (unpaired) electrons. The smallest absolute Gasteiger partial charge is 0.170 e. The summed E-state index contributed by atoms with van der Waals surface area (Å²) in [4.78, 5) is 0. The number of benzene rings is 1. The maximum atomic E-state index is 5.48. The number of ether oxygens (including phenoxy) is 2. The van der Waals surface area contributed by atoms with Crippen molar-refractivity contribution < 1.29 is 9.47 Å². The van der Waals surface area contributed by atoms with Crippen LogP contribution in [0.2, 0.25) is 0 Å². The van der Waals surface area contributed by atoms with Crippen molar-refractivity contribution in [3.05, 3.63) is 18.2 Å². The lowest BCUT2D eigenvalue weighted by Gasteiger charge is -2.39. The quantitative estimate of drug-likeness (QED) is 0.807. The van der Waals surface area contributed by atoms with Crippen molar-refractivity contribution >= 4 is 23.0 Å². The Labute approximate surface area is 144 Å². The SMILES string of the molecule is COc1ccc(NC(=S)NC2CC(C)CC(C)(C)C2)cc1OC. The predicted octanol–water partition coefficient (Wildman–Crippen LogP) is 4.21. The molecule has 23 heavy (non-hydrogen) atoms. The molecule has 0 saturated heterocycles. The highest BCUT2D eigenvalue weighted by Gasteiger charge is 2.32. The molecule has 2 unspecified atom stereocenters. The van der Waals surface area contributed by atoms with Gasteiger partial charge in [0.25, 0.3) is 0 Å². The van der Waals surface area contributed by atoms with E-state index in [0.29, 0.717) is 28.1 Å². The molecule has 0 spiro atoms. The molecule has 1 aliphatic rings. The Kier molecular flexibility index (Phi) is 5.74. The van der Waals surface area contributed by atoms with E-state index >= 15 is 0 Å². The first-order valence-electron chi connectivity index (χ1n) is 8.12. The summed E-state index contributed by atoms with van der Waals surface area (Å²) in [7, 11) is 3.26. The molecule has 0 aromatic heterocycles. The van der Waals surface area contributed by atoms with E-state index in [1.54, 1.807) is 14.2 Å². The fourth-order valence-corrected chi connectivity index (χ4v) is 4.01. The van der Waals surface area contributed by atoms with Gasteiger partial charge in [0.2, 0.25) is 0 Å². The van der Waals surface area contributed by atoms with Gasteiger partial charge in [-0.1, -0.05) is 20.8 Å². The van der Waals surface area contributed by atoms with Crippen molar-refractivity contribution in [3.8, 4) is 11.5 Å². The van der Waals surface area contributed by atoms with Gasteiger partial charge in [-0.25, -0.2) is 0 Å². The van der Waals surface area contributed by atoms with Crippen LogP contribution < -0.4 is 20.1 Å². The van der Waals surface area contributed by atoms with Gasteiger partial charge in [0, 0.05) is 17.8 Å². The molecule has 1 aromatic rings. The van der Waals surface area contributed by atoms with Crippen molar-refractivity contribution in [2.24, 2.45) is 11.3 Å². The highest BCUT2D eigenvalue weighted by molar-refractivity contribution is 7.80. The Morgan fingerprint density at radius 1 is 1.17 bits per heavy atom. The first-order valence-corrected chi connectivity index (χ1v) is 8.53. The first kappa shape index (κ1) is 17.9. The minimum atomic E-state index is 0.369. The average molecular weight is 337 g/mol. The molecule has 128 valence electrons. The Hall–Kier alpha value is -1.49. The highest BCUT2D eigenvalue weighted by Crippen LogP contribution is 2.38. The summed E-state index contributed by atoms with van der Waals surface area (Å²) < 4.78 is 10.6. The Morgan fingerprint density at radius 2 is 1.87 bits per heavy atom. The van der Waals surface area contributed by atoms with Gasteiger partial charge in [-0.15, -0.1) is 0 Å². The first-order chi connectivity index (χ1) is 10.8. The van der Waals surface area contributed by atoms with Crippen LogP contribution in [0, 0.1) is 11.3 Å². The number of hydrogen-bond donors (Lipinski definition) is 2. The fraction of sp³-hybridized carbons (Fsp3) is 0.611. The topological polar surface area (TPSA) is 42.5 Å². The number of thiocarbonyl (C=S) groups is 1. The minimum absolute atomic E-state index is 0.369. The van der Waals surface area contributed by atoms with Crippen molar-refractivity contribution in [1.29, 1.82) is 0 Å². The molecular weight excluding hydrogens is 308 g/mol. The summed E-state index contributed by atoms with van der Waals surface area (Å²) in [5.74, 6) is 2.12. The van der Waals surface area contributed by atoms with Gasteiger partial charge in [-0.05, 0) is 54.9 Å². The molecule has 0 heterocycles. The van der Waals surface area contributed by atoms with E-state index in [0.717, 1.165) is 24.4 Å². The van der Waals surface area contributed by atoms with Gasteiger partial charge in [0.15, 0.2) is 16.6 Å². The van der Waals surface area contributed by atoms with Crippen LogP contribution in [0.5, 0.6) is 11.5 Å². The molecule has 1 aliphatic carbocycles. The third-order valence-electron chi connectivity index (χ3n) is 4.36. The summed E-state index contributed by atoms with van der Waals surface area (Å²) in [6.07, 6.45) is 3.59. The van der Waals surface area contributed by atoms with E-state index in [1.165, 1.54) is 6.42 Å². The molecule has 2 N–H and O–H groups in total. The molecule has 0 amide bonds. The Balaban J connectivity index is 1.97. The lowest BCUT2D eigenvalue weighted by Crippen LogP contribution is -2.44. The summed E-state index contributed by atoms with van der Waals surface area (Å²) >= 11 is 5.48. The lowest BCUT2D eigenvalue weighted by atomic mass is 9.71. The van der Waals surface area contributed by atoms with Crippen LogP contribution in [0.25, 0.3) is 0 Å². The van der Waals surface area contributed by atoms with Crippen LogP contribution in [0.15, 0.2) is 18.2 Å². The molecule has 5 heteroatoms. The largest absolute Gasteiger partial charge is 0.493 e. The third kappa shape index (κ3) is 4.99. The maximum absolute atomic E-state index is 5.48. The standard InChI is InChI=1S/C18H28N2O2S/c1-12-8-14(11-18(2,3)10-12)20-17(23)19-13-6-7-15(21-4)16(9-13)22-5/h6-7,9,12,14H,8,10-11H2,1-5H3,(H2,19,20,23). The van der Waals surface area contributed by atoms with Crippen LogP contribution in [-0.2, 0) is 0 Å². The summed E-state index contributed by atoms with van der Waals surface area (Å²) in [6, 6.07) is 6.12. The number of rotatable bonds is 4.